The fourth-order valence-corrected chi connectivity index (χ4v) is 3.68. The van der Waals surface area contributed by atoms with E-state index in [9.17, 15) is 0 Å². The van der Waals surface area contributed by atoms with Gasteiger partial charge in [-0.25, -0.2) is 0 Å². The molecule has 0 spiro atoms. The summed E-state index contributed by atoms with van der Waals surface area (Å²) in [7, 11) is 3.37. The zero-order chi connectivity index (χ0) is 17.6. The van der Waals surface area contributed by atoms with E-state index in [0.717, 1.165) is 24.3 Å². The average Bonchev–Trinajstić information content (AvgIpc) is 3.08. The maximum Gasteiger partial charge on any atom is 0.160 e. The van der Waals surface area contributed by atoms with E-state index in [4.69, 9.17) is 9.47 Å². The van der Waals surface area contributed by atoms with E-state index >= 15 is 0 Å². The Kier molecular flexibility index (Phi) is 5.98. The monoisotopic (exact) mass is 339 g/mol. The van der Waals surface area contributed by atoms with Gasteiger partial charge < -0.3 is 14.8 Å². The number of hydrogen-bond donors (Lipinski definition) is 1. The van der Waals surface area contributed by atoms with Gasteiger partial charge >= 0.3 is 0 Å². The summed E-state index contributed by atoms with van der Waals surface area (Å²) in [5.41, 5.74) is 4.07. The van der Waals surface area contributed by atoms with Crippen molar-refractivity contribution in [3.05, 3.63) is 59.2 Å². The van der Waals surface area contributed by atoms with Gasteiger partial charge in [-0.3, -0.25) is 0 Å². The van der Waals surface area contributed by atoms with Crippen LogP contribution in [0.15, 0.2) is 42.5 Å². The third kappa shape index (κ3) is 4.76. The van der Waals surface area contributed by atoms with Gasteiger partial charge in [-0.1, -0.05) is 35.9 Å². The van der Waals surface area contributed by atoms with E-state index in [-0.39, 0.29) is 0 Å². The average molecular weight is 339 g/mol. The third-order valence-electron chi connectivity index (χ3n) is 5.17. The molecule has 1 saturated heterocycles. The van der Waals surface area contributed by atoms with Gasteiger partial charge in [-0.05, 0) is 62.3 Å². The molecule has 1 aliphatic rings. The van der Waals surface area contributed by atoms with Gasteiger partial charge in [0.1, 0.15) is 0 Å². The van der Waals surface area contributed by atoms with Gasteiger partial charge in [0, 0.05) is 12.1 Å². The van der Waals surface area contributed by atoms with Crippen LogP contribution < -0.4 is 14.8 Å². The SMILES string of the molecule is COc1ccc(CC2CCC(CCc3ccc(C)cc3)N2)cc1OC. The maximum absolute atomic E-state index is 5.41. The van der Waals surface area contributed by atoms with Crippen molar-refractivity contribution in [3.63, 3.8) is 0 Å². The molecule has 134 valence electrons. The fourth-order valence-electron chi connectivity index (χ4n) is 3.68. The minimum Gasteiger partial charge on any atom is -0.493 e. The van der Waals surface area contributed by atoms with E-state index < -0.39 is 0 Å². The second kappa shape index (κ2) is 8.39. The molecule has 3 rings (SSSR count). The van der Waals surface area contributed by atoms with Gasteiger partial charge in [-0.15, -0.1) is 0 Å². The van der Waals surface area contributed by atoms with Crippen LogP contribution in [-0.2, 0) is 12.8 Å². The number of ether oxygens (including phenoxy) is 2. The van der Waals surface area contributed by atoms with Crippen LogP contribution in [0.3, 0.4) is 0 Å². The quantitative estimate of drug-likeness (QED) is 0.815. The lowest BCUT2D eigenvalue weighted by Gasteiger charge is -2.16. The van der Waals surface area contributed by atoms with Crippen molar-refractivity contribution in [3.8, 4) is 11.5 Å². The van der Waals surface area contributed by atoms with Crippen molar-refractivity contribution in [1.29, 1.82) is 0 Å². The molecule has 1 fully saturated rings. The molecule has 1 heterocycles. The van der Waals surface area contributed by atoms with Crippen molar-refractivity contribution >= 4 is 0 Å². The summed E-state index contributed by atoms with van der Waals surface area (Å²) >= 11 is 0. The van der Waals surface area contributed by atoms with Crippen molar-refractivity contribution in [2.45, 2.75) is 51.1 Å². The molecule has 0 saturated carbocycles. The first kappa shape index (κ1) is 17.8. The Morgan fingerprint density at radius 3 is 2.28 bits per heavy atom. The molecule has 2 unspecified atom stereocenters. The lowest BCUT2D eigenvalue weighted by molar-refractivity contribution is 0.354. The molecule has 1 aliphatic heterocycles. The van der Waals surface area contributed by atoms with Crippen LogP contribution in [0.1, 0.15) is 36.0 Å². The number of methoxy groups -OCH3 is 2. The Balaban J connectivity index is 1.50. The van der Waals surface area contributed by atoms with Crippen LogP contribution in [0, 0.1) is 6.92 Å². The van der Waals surface area contributed by atoms with Crippen molar-refractivity contribution < 1.29 is 9.47 Å². The summed E-state index contributed by atoms with van der Waals surface area (Å²) in [4.78, 5) is 0. The molecule has 2 aromatic rings. The summed E-state index contributed by atoms with van der Waals surface area (Å²) < 4.78 is 10.7. The lowest BCUT2D eigenvalue weighted by atomic mass is 10.0. The number of rotatable bonds is 7. The summed E-state index contributed by atoms with van der Waals surface area (Å²) in [5.74, 6) is 1.61. The van der Waals surface area contributed by atoms with Crippen LogP contribution in [0.4, 0.5) is 0 Å². The summed E-state index contributed by atoms with van der Waals surface area (Å²) in [5, 5.41) is 3.82. The molecule has 0 amide bonds. The highest BCUT2D eigenvalue weighted by Crippen LogP contribution is 2.29. The molecule has 0 bridgehead atoms. The topological polar surface area (TPSA) is 30.5 Å². The van der Waals surface area contributed by atoms with E-state index in [1.807, 2.05) is 6.07 Å². The predicted octanol–water partition coefficient (Wildman–Crippen LogP) is 4.31. The van der Waals surface area contributed by atoms with Gasteiger partial charge in [0.15, 0.2) is 11.5 Å². The molecule has 0 aliphatic carbocycles. The Bertz CT molecular complexity index is 681. The molecule has 0 aromatic heterocycles. The zero-order valence-corrected chi connectivity index (χ0v) is 15.5. The third-order valence-corrected chi connectivity index (χ3v) is 5.17. The standard InChI is InChI=1S/C22H29NO2/c1-16-4-6-17(7-5-16)8-10-19-11-12-20(23-19)14-18-9-13-21(24-2)22(15-18)25-3/h4-7,9,13,15,19-20,23H,8,10-12,14H2,1-3H3. The van der Waals surface area contributed by atoms with Crippen LogP contribution in [0.5, 0.6) is 11.5 Å². The summed E-state index contributed by atoms with van der Waals surface area (Å²) in [6.07, 6.45) is 5.92. The number of nitrogens with one attached hydrogen (secondary N) is 1. The highest BCUT2D eigenvalue weighted by Gasteiger charge is 2.23. The van der Waals surface area contributed by atoms with E-state index in [1.54, 1.807) is 14.2 Å². The minimum absolute atomic E-state index is 0.557. The lowest BCUT2D eigenvalue weighted by Crippen LogP contribution is -2.31. The second-order valence-electron chi connectivity index (χ2n) is 7.06. The predicted molar refractivity (Wildman–Crippen MR) is 103 cm³/mol. The molecular weight excluding hydrogens is 310 g/mol. The Morgan fingerprint density at radius 1 is 0.880 bits per heavy atom. The molecule has 1 N–H and O–H groups in total. The molecule has 2 aromatic carbocycles. The van der Waals surface area contributed by atoms with Crippen LogP contribution in [0.25, 0.3) is 0 Å². The van der Waals surface area contributed by atoms with E-state index in [0.29, 0.717) is 12.1 Å². The summed E-state index contributed by atoms with van der Waals surface area (Å²) in [6, 6.07) is 16.3. The van der Waals surface area contributed by atoms with Crippen molar-refractivity contribution in [2.24, 2.45) is 0 Å². The Labute approximate surface area is 151 Å². The Hall–Kier alpha value is -2.00. The molecule has 0 radical (unpaired) electrons. The molecule has 3 heteroatoms. The van der Waals surface area contributed by atoms with Gasteiger partial charge in [0.2, 0.25) is 0 Å². The molecule has 3 nitrogen and oxygen atoms in total. The van der Waals surface area contributed by atoms with Gasteiger partial charge in [0.05, 0.1) is 14.2 Å². The van der Waals surface area contributed by atoms with E-state index in [1.165, 1.54) is 36.0 Å². The number of aryl methyl sites for hydroxylation is 2. The number of benzene rings is 2. The van der Waals surface area contributed by atoms with E-state index in [2.05, 4.69) is 48.6 Å². The first-order valence-corrected chi connectivity index (χ1v) is 9.20. The second-order valence-corrected chi connectivity index (χ2v) is 7.06. The molecular formula is C22H29NO2. The van der Waals surface area contributed by atoms with Gasteiger partial charge in [-0.2, -0.15) is 0 Å². The highest BCUT2D eigenvalue weighted by molar-refractivity contribution is 5.43. The van der Waals surface area contributed by atoms with Crippen LogP contribution in [-0.4, -0.2) is 26.3 Å². The van der Waals surface area contributed by atoms with Crippen LogP contribution >= 0.6 is 0 Å². The Morgan fingerprint density at radius 2 is 1.56 bits per heavy atom. The zero-order valence-electron chi connectivity index (χ0n) is 15.5. The molecule has 25 heavy (non-hydrogen) atoms. The van der Waals surface area contributed by atoms with Crippen LogP contribution in [0.2, 0.25) is 0 Å². The fraction of sp³-hybridized carbons (Fsp3) is 0.455. The minimum atomic E-state index is 0.557. The first-order chi connectivity index (χ1) is 12.2. The normalized spacial score (nSPS) is 19.8. The van der Waals surface area contributed by atoms with Gasteiger partial charge in [0.25, 0.3) is 0 Å². The maximum atomic E-state index is 5.41. The summed E-state index contributed by atoms with van der Waals surface area (Å²) in [6.45, 7) is 2.14. The molecule has 2 atom stereocenters. The highest BCUT2D eigenvalue weighted by atomic mass is 16.5. The smallest absolute Gasteiger partial charge is 0.160 e. The largest absolute Gasteiger partial charge is 0.493 e. The first-order valence-electron chi connectivity index (χ1n) is 9.20. The van der Waals surface area contributed by atoms with Crippen molar-refractivity contribution in [1.82, 2.24) is 5.32 Å². The van der Waals surface area contributed by atoms with Crippen molar-refractivity contribution in [2.75, 3.05) is 14.2 Å². The number of hydrogen-bond acceptors (Lipinski definition) is 3.